The number of carbonyl (C=O) groups is 1. The first-order valence-corrected chi connectivity index (χ1v) is 3.55. The van der Waals surface area contributed by atoms with Crippen LogP contribution < -0.4 is 0 Å². The Morgan fingerprint density at radius 3 is 2.62 bits per heavy atom. The van der Waals surface area contributed by atoms with Gasteiger partial charge in [-0.1, -0.05) is 18.7 Å². The van der Waals surface area contributed by atoms with E-state index in [1.807, 2.05) is 0 Å². The Hall–Kier alpha value is -1.97. The fourth-order valence-electron chi connectivity index (χ4n) is 0.945. The van der Waals surface area contributed by atoms with Crippen molar-refractivity contribution in [2.75, 3.05) is 0 Å². The van der Waals surface area contributed by atoms with E-state index in [1.165, 1.54) is 18.2 Å². The summed E-state index contributed by atoms with van der Waals surface area (Å²) in [5.41, 5.74) is 0.514. The number of nitro groups is 1. The molecule has 1 rings (SSSR count). The number of hydrogen-bond acceptors (Lipinski definition) is 3. The second-order valence-corrected chi connectivity index (χ2v) is 2.40. The highest BCUT2D eigenvalue weighted by atomic mass is 16.6. The summed E-state index contributed by atoms with van der Waals surface area (Å²) < 4.78 is 0. The van der Waals surface area contributed by atoms with E-state index in [-0.39, 0.29) is 11.3 Å². The molecule has 0 spiro atoms. The van der Waals surface area contributed by atoms with Crippen molar-refractivity contribution in [3.8, 4) is 0 Å². The molecule has 0 atom stereocenters. The van der Waals surface area contributed by atoms with Crippen molar-refractivity contribution in [2.24, 2.45) is 0 Å². The topological polar surface area (TPSA) is 60.2 Å². The van der Waals surface area contributed by atoms with Crippen LogP contribution in [0.1, 0.15) is 15.9 Å². The van der Waals surface area contributed by atoms with Gasteiger partial charge < -0.3 is 0 Å². The van der Waals surface area contributed by atoms with Crippen LogP contribution in [0.15, 0.2) is 24.8 Å². The lowest BCUT2D eigenvalue weighted by molar-refractivity contribution is -0.385. The van der Waals surface area contributed by atoms with Gasteiger partial charge in [-0.25, -0.2) is 0 Å². The van der Waals surface area contributed by atoms with Crippen LogP contribution in [0.25, 0.3) is 6.08 Å². The highest BCUT2D eigenvalue weighted by molar-refractivity contribution is 5.82. The van der Waals surface area contributed by atoms with Crippen LogP contribution in [-0.2, 0) is 0 Å². The maximum Gasteiger partial charge on any atom is 0.280 e. The van der Waals surface area contributed by atoms with E-state index in [0.29, 0.717) is 11.8 Å². The molecule has 0 saturated heterocycles. The number of nitro benzene ring substituents is 1. The average Bonchev–Trinajstić information content (AvgIpc) is 2.16. The summed E-state index contributed by atoms with van der Waals surface area (Å²) in [7, 11) is 0. The van der Waals surface area contributed by atoms with Crippen molar-refractivity contribution in [3.05, 3.63) is 46.0 Å². The summed E-state index contributed by atoms with van der Waals surface area (Å²) >= 11 is 0. The number of aldehydes is 1. The summed E-state index contributed by atoms with van der Waals surface area (Å²) in [5.74, 6) is 0. The highest BCUT2D eigenvalue weighted by Gasteiger charge is 2.12. The first-order chi connectivity index (χ1) is 6.19. The molecule has 0 aromatic heterocycles. The molecule has 13 heavy (non-hydrogen) atoms. The predicted octanol–water partition coefficient (Wildman–Crippen LogP) is 2.05. The molecule has 4 nitrogen and oxygen atoms in total. The Kier molecular flexibility index (Phi) is 2.54. The van der Waals surface area contributed by atoms with Crippen LogP contribution in [0, 0.1) is 10.1 Å². The van der Waals surface area contributed by atoms with Crippen molar-refractivity contribution in [2.45, 2.75) is 0 Å². The van der Waals surface area contributed by atoms with Crippen molar-refractivity contribution in [3.63, 3.8) is 0 Å². The van der Waals surface area contributed by atoms with E-state index in [2.05, 4.69) is 6.58 Å². The molecular weight excluding hydrogens is 170 g/mol. The smallest absolute Gasteiger partial charge is 0.280 e. The lowest BCUT2D eigenvalue weighted by Crippen LogP contribution is -1.94. The number of benzene rings is 1. The molecule has 0 amide bonds. The molecule has 0 aliphatic heterocycles. The van der Waals surface area contributed by atoms with Gasteiger partial charge in [0.15, 0.2) is 6.29 Å². The van der Waals surface area contributed by atoms with Crippen LogP contribution in [0.5, 0.6) is 0 Å². The summed E-state index contributed by atoms with van der Waals surface area (Å²) in [6.07, 6.45) is 1.95. The van der Waals surface area contributed by atoms with E-state index >= 15 is 0 Å². The zero-order valence-corrected chi connectivity index (χ0v) is 6.77. The SMILES string of the molecule is C=Cc1ccc(C=O)c([N+](=O)[O-])c1. The Balaban J connectivity index is 3.33. The summed E-state index contributed by atoms with van der Waals surface area (Å²) in [4.78, 5) is 20.3. The van der Waals surface area contributed by atoms with Gasteiger partial charge in [0.25, 0.3) is 5.69 Å². The Morgan fingerprint density at radius 2 is 2.15 bits per heavy atom. The third-order valence-electron chi connectivity index (χ3n) is 1.61. The van der Waals surface area contributed by atoms with Gasteiger partial charge in [0.2, 0.25) is 0 Å². The Morgan fingerprint density at radius 1 is 1.46 bits per heavy atom. The van der Waals surface area contributed by atoms with Crippen molar-refractivity contribution in [1.29, 1.82) is 0 Å². The van der Waals surface area contributed by atoms with E-state index in [9.17, 15) is 14.9 Å². The van der Waals surface area contributed by atoms with Crippen LogP contribution in [0.3, 0.4) is 0 Å². The van der Waals surface area contributed by atoms with Crippen LogP contribution in [-0.4, -0.2) is 11.2 Å². The molecule has 66 valence electrons. The number of nitrogens with zero attached hydrogens (tertiary/aromatic N) is 1. The Bertz CT molecular complexity index is 371. The summed E-state index contributed by atoms with van der Waals surface area (Å²) in [5, 5.41) is 10.5. The summed E-state index contributed by atoms with van der Waals surface area (Å²) in [6, 6.07) is 4.32. The lowest BCUT2D eigenvalue weighted by Gasteiger charge is -1.96. The zero-order valence-electron chi connectivity index (χ0n) is 6.77. The van der Waals surface area contributed by atoms with Gasteiger partial charge in [-0.3, -0.25) is 14.9 Å². The first-order valence-electron chi connectivity index (χ1n) is 3.55. The highest BCUT2D eigenvalue weighted by Crippen LogP contribution is 2.18. The standard InChI is InChI=1S/C9H7NO3/c1-2-7-3-4-8(6-11)9(5-7)10(12)13/h2-6H,1H2. The quantitative estimate of drug-likeness (QED) is 0.403. The fourth-order valence-corrected chi connectivity index (χ4v) is 0.945. The molecule has 0 radical (unpaired) electrons. The molecule has 0 aliphatic carbocycles. The largest absolute Gasteiger partial charge is 0.298 e. The maximum atomic E-state index is 10.5. The van der Waals surface area contributed by atoms with Gasteiger partial charge in [0.05, 0.1) is 10.5 Å². The van der Waals surface area contributed by atoms with Gasteiger partial charge in [0.1, 0.15) is 0 Å². The van der Waals surface area contributed by atoms with E-state index < -0.39 is 4.92 Å². The van der Waals surface area contributed by atoms with Crippen molar-refractivity contribution >= 4 is 18.0 Å². The minimum atomic E-state index is -0.587. The van der Waals surface area contributed by atoms with Gasteiger partial charge in [-0.2, -0.15) is 0 Å². The van der Waals surface area contributed by atoms with E-state index in [4.69, 9.17) is 0 Å². The van der Waals surface area contributed by atoms with Gasteiger partial charge in [-0.05, 0) is 11.6 Å². The molecule has 1 aromatic rings. The molecule has 4 heteroatoms. The molecular formula is C9H7NO3. The average molecular weight is 177 g/mol. The van der Waals surface area contributed by atoms with E-state index in [1.54, 1.807) is 6.07 Å². The molecule has 0 saturated carbocycles. The van der Waals surface area contributed by atoms with Crippen LogP contribution in [0.2, 0.25) is 0 Å². The molecule has 0 aliphatic rings. The normalized spacial score (nSPS) is 9.23. The minimum absolute atomic E-state index is 0.0793. The van der Waals surface area contributed by atoms with Crippen molar-refractivity contribution in [1.82, 2.24) is 0 Å². The number of hydrogen-bond donors (Lipinski definition) is 0. The van der Waals surface area contributed by atoms with E-state index in [0.717, 1.165) is 0 Å². The molecule has 0 N–H and O–H groups in total. The third kappa shape index (κ3) is 1.79. The van der Waals surface area contributed by atoms with Crippen LogP contribution in [0.4, 0.5) is 5.69 Å². The van der Waals surface area contributed by atoms with Crippen LogP contribution >= 0.6 is 0 Å². The lowest BCUT2D eigenvalue weighted by atomic mass is 10.1. The van der Waals surface area contributed by atoms with Gasteiger partial charge in [-0.15, -0.1) is 0 Å². The number of rotatable bonds is 3. The van der Waals surface area contributed by atoms with Gasteiger partial charge >= 0.3 is 0 Å². The maximum absolute atomic E-state index is 10.5. The number of carbonyl (C=O) groups excluding carboxylic acids is 1. The third-order valence-corrected chi connectivity index (χ3v) is 1.61. The minimum Gasteiger partial charge on any atom is -0.298 e. The molecule has 0 heterocycles. The Labute approximate surface area is 74.7 Å². The molecule has 1 aromatic carbocycles. The molecule has 0 unspecified atom stereocenters. The fraction of sp³-hybridized carbons (Fsp3) is 0. The second kappa shape index (κ2) is 3.62. The summed E-state index contributed by atoms with van der Waals surface area (Å²) in [6.45, 7) is 3.48. The zero-order chi connectivity index (χ0) is 9.84. The first kappa shape index (κ1) is 9.12. The molecule has 0 fully saturated rings. The second-order valence-electron chi connectivity index (χ2n) is 2.40. The van der Waals surface area contributed by atoms with Gasteiger partial charge in [0, 0.05) is 6.07 Å². The monoisotopic (exact) mass is 177 g/mol. The predicted molar refractivity (Wildman–Crippen MR) is 48.6 cm³/mol. The van der Waals surface area contributed by atoms with Crippen molar-refractivity contribution < 1.29 is 9.72 Å². The molecule has 0 bridgehead atoms.